The van der Waals surface area contributed by atoms with Crippen LogP contribution in [-0.4, -0.2) is 44.3 Å². The minimum Gasteiger partial charge on any atom is -0.496 e. The van der Waals surface area contributed by atoms with E-state index < -0.39 is 0 Å². The summed E-state index contributed by atoms with van der Waals surface area (Å²) in [6, 6.07) is 11.8. The second kappa shape index (κ2) is 10.7. The molecule has 9 heteroatoms. The standard InChI is InChI=1S/C19H20BrN3O4S/c1-26-10-9-21-18(25)13-5-3-4-6-15(13)22-19(28)23-17(24)12-7-8-16(27-2)14(20)11-12/h3-8,11H,9-10H2,1-2H3,(H,21,25)(H2,22,23,24,28). The zero-order valence-corrected chi connectivity index (χ0v) is 17.8. The lowest BCUT2D eigenvalue weighted by molar-refractivity contribution is 0.0936. The normalized spacial score (nSPS) is 10.1. The highest BCUT2D eigenvalue weighted by molar-refractivity contribution is 9.10. The number of benzene rings is 2. The van der Waals surface area contributed by atoms with Gasteiger partial charge < -0.3 is 20.1 Å². The molecule has 0 saturated heterocycles. The molecule has 0 radical (unpaired) electrons. The van der Waals surface area contributed by atoms with Crippen molar-refractivity contribution in [1.29, 1.82) is 0 Å². The lowest BCUT2D eigenvalue weighted by Crippen LogP contribution is -2.35. The second-order valence-electron chi connectivity index (χ2n) is 5.55. The van der Waals surface area contributed by atoms with Gasteiger partial charge in [0.15, 0.2) is 5.11 Å². The molecule has 2 amide bonds. The maximum absolute atomic E-state index is 12.4. The van der Waals surface area contributed by atoms with Gasteiger partial charge in [0, 0.05) is 19.2 Å². The fourth-order valence-corrected chi connectivity index (χ4v) is 3.03. The van der Waals surface area contributed by atoms with Crippen LogP contribution >= 0.6 is 28.1 Å². The lowest BCUT2D eigenvalue weighted by Gasteiger charge is -2.14. The van der Waals surface area contributed by atoms with Crippen LogP contribution in [-0.2, 0) is 4.74 Å². The number of halogens is 1. The van der Waals surface area contributed by atoms with E-state index >= 15 is 0 Å². The van der Waals surface area contributed by atoms with Crippen molar-refractivity contribution in [2.45, 2.75) is 0 Å². The average molecular weight is 466 g/mol. The highest BCUT2D eigenvalue weighted by atomic mass is 79.9. The van der Waals surface area contributed by atoms with Crippen molar-refractivity contribution in [1.82, 2.24) is 10.6 Å². The van der Waals surface area contributed by atoms with Gasteiger partial charge in [0.25, 0.3) is 11.8 Å². The molecule has 0 aliphatic heterocycles. The maximum Gasteiger partial charge on any atom is 0.257 e. The fourth-order valence-electron chi connectivity index (χ4n) is 2.29. The molecule has 7 nitrogen and oxygen atoms in total. The molecule has 0 atom stereocenters. The van der Waals surface area contributed by atoms with Crippen molar-refractivity contribution in [3.05, 3.63) is 58.1 Å². The van der Waals surface area contributed by atoms with Crippen LogP contribution in [0, 0.1) is 0 Å². The molecule has 28 heavy (non-hydrogen) atoms. The summed E-state index contributed by atoms with van der Waals surface area (Å²) in [5.74, 6) is -0.0399. The smallest absolute Gasteiger partial charge is 0.257 e. The summed E-state index contributed by atoms with van der Waals surface area (Å²) in [7, 11) is 3.10. The summed E-state index contributed by atoms with van der Waals surface area (Å²) in [6.45, 7) is 0.796. The number of carbonyl (C=O) groups excluding carboxylic acids is 2. The number of nitrogens with one attached hydrogen (secondary N) is 3. The van der Waals surface area contributed by atoms with Crippen molar-refractivity contribution in [2.24, 2.45) is 0 Å². The maximum atomic E-state index is 12.4. The van der Waals surface area contributed by atoms with E-state index in [2.05, 4.69) is 31.9 Å². The average Bonchev–Trinajstić information content (AvgIpc) is 2.68. The number of thiocarbonyl (C=S) groups is 1. The van der Waals surface area contributed by atoms with Gasteiger partial charge in [0.2, 0.25) is 0 Å². The molecule has 0 fully saturated rings. The molecule has 0 saturated carbocycles. The van der Waals surface area contributed by atoms with E-state index in [0.29, 0.717) is 40.2 Å². The van der Waals surface area contributed by atoms with Gasteiger partial charge >= 0.3 is 0 Å². The van der Waals surface area contributed by atoms with Crippen molar-refractivity contribution in [2.75, 3.05) is 32.7 Å². The first-order chi connectivity index (χ1) is 13.5. The summed E-state index contributed by atoms with van der Waals surface area (Å²) in [5, 5.41) is 8.31. The van der Waals surface area contributed by atoms with Gasteiger partial charge in [0.05, 0.1) is 29.4 Å². The van der Waals surface area contributed by atoms with E-state index in [1.807, 2.05) is 0 Å². The van der Waals surface area contributed by atoms with Crippen LogP contribution in [0.1, 0.15) is 20.7 Å². The quantitative estimate of drug-likeness (QED) is 0.430. The third-order valence-electron chi connectivity index (χ3n) is 3.65. The Kier molecular flexibility index (Phi) is 8.37. The summed E-state index contributed by atoms with van der Waals surface area (Å²) < 4.78 is 10.7. The molecular formula is C19H20BrN3O4S. The number of para-hydroxylation sites is 1. The van der Waals surface area contributed by atoms with Crippen LogP contribution in [0.25, 0.3) is 0 Å². The molecule has 2 rings (SSSR count). The first kappa shape index (κ1) is 21.8. The minimum atomic E-state index is -0.386. The number of rotatable bonds is 7. The van der Waals surface area contributed by atoms with Crippen molar-refractivity contribution in [3.63, 3.8) is 0 Å². The number of amides is 2. The van der Waals surface area contributed by atoms with Crippen LogP contribution in [0.3, 0.4) is 0 Å². The Morgan fingerprint density at radius 1 is 1.11 bits per heavy atom. The molecular weight excluding hydrogens is 446 g/mol. The Hall–Kier alpha value is -2.49. The van der Waals surface area contributed by atoms with E-state index in [1.165, 1.54) is 0 Å². The van der Waals surface area contributed by atoms with Gasteiger partial charge in [0.1, 0.15) is 5.75 Å². The van der Waals surface area contributed by atoms with Crippen molar-refractivity contribution < 1.29 is 19.1 Å². The van der Waals surface area contributed by atoms with Gasteiger partial charge in [-0.15, -0.1) is 0 Å². The first-order valence-electron chi connectivity index (χ1n) is 8.28. The zero-order chi connectivity index (χ0) is 20.5. The van der Waals surface area contributed by atoms with Crippen LogP contribution in [0.4, 0.5) is 5.69 Å². The van der Waals surface area contributed by atoms with Crippen LogP contribution in [0.5, 0.6) is 5.75 Å². The predicted molar refractivity (Wildman–Crippen MR) is 115 cm³/mol. The summed E-state index contributed by atoms with van der Waals surface area (Å²) in [6.07, 6.45) is 0. The van der Waals surface area contributed by atoms with E-state index in [0.717, 1.165) is 0 Å². The van der Waals surface area contributed by atoms with E-state index in [1.54, 1.807) is 56.7 Å². The first-order valence-corrected chi connectivity index (χ1v) is 9.48. The summed E-state index contributed by atoms with van der Waals surface area (Å²) >= 11 is 8.55. The number of methoxy groups -OCH3 is 2. The number of ether oxygens (including phenoxy) is 2. The third-order valence-corrected chi connectivity index (χ3v) is 4.48. The van der Waals surface area contributed by atoms with Crippen molar-refractivity contribution >= 4 is 50.8 Å². The van der Waals surface area contributed by atoms with Crippen molar-refractivity contribution in [3.8, 4) is 5.75 Å². The van der Waals surface area contributed by atoms with Gasteiger partial charge in [-0.3, -0.25) is 14.9 Å². The largest absolute Gasteiger partial charge is 0.496 e. The molecule has 0 unspecified atom stereocenters. The minimum absolute atomic E-state index is 0.0779. The molecule has 0 heterocycles. The highest BCUT2D eigenvalue weighted by Crippen LogP contribution is 2.25. The number of hydrogen-bond donors (Lipinski definition) is 3. The molecule has 0 bridgehead atoms. The molecule has 2 aromatic rings. The molecule has 0 aliphatic rings. The Labute approximate surface area is 176 Å². The summed E-state index contributed by atoms with van der Waals surface area (Å²) in [5.41, 5.74) is 1.29. The van der Waals surface area contributed by atoms with Crippen LogP contribution < -0.4 is 20.7 Å². The highest BCUT2D eigenvalue weighted by Gasteiger charge is 2.14. The van der Waals surface area contributed by atoms with Crippen LogP contribution in [0.2, 0.25) is 0 Å². The number of anilines is 1. The fraction of sp³-hybridized carbons (Fsp3) is 0.211. The molecule has 3 N–H and O–H groups in total. The number of hydrogen-bond acceptors (Lipinski definition) is 5. The third kappa shape index (κ3) is 6.01. The monoisotopic (exact) mass is 465 g/mol. The Bertz CT molecular complexity index is 876. The predicted octanol–water partition coefficient (Wildman–Crippen LogP) is 2.96. The van der Waals surface area contributed by atoms with E-state index in [4.69, 9.17) is 21.7 Å². The summed E-state index contributed by atoms with van der Waals surface area (Å²) in [4.78, 5) is 24.7. The Balaban J connectivity index is 2.04. The van der Waals surface area contributed by atoms with Gasteiger partial charge in [-0.2, -0.15) is 0 Å². The number of carbonyl (C=O) groups is 2. The van der Waals surface area contributed by atoms with Gasteiger partial charge in [-0.25, -0.2) is 0 Å². The molecule has 0 aromatic heterocycles. The molecule has 2 aromatic carbocycles. The van der Waals surface area contributed by atoms with E-state index in [-0.39, 0.29) is 16.9 Å². The van der Waals surface area contributed by atoms with E-state index in [9.17, 15) is 9.59 Å². The SMILES string of the molecule is COCCNC(=O)c1ccccc1NC(=S)NC(=O)c1ccc(OC)c(Br)c1. The molecule has 0 spiro atoms. The van der Waals surface area contributed by atoms with Crippen LogP contribution in [0.15, 0.2) is 46.9 Å². The zero-order valence-electron chi connectivity index (χ0n) is 15.4. The van der Waals surface area contributed by atoms with Gasteiger partial charge in [-0.05, 0) is 58.5 Å². The lowest BCUT2D eigenvalue weighted by atomic mass is 10.1. The molecule has 148 valence electrons. The van der Waals surface area contributed by atoms with Gasteiger partial charge in [-0.1, -0.05) is 12.1 Å². The topological polar surface area (TPSA) is 88.7 Å². The second-order valence-corrected chi connectivity index (χ2v) is 6.81. The Morgan fingerprint density at radius 3 is 2.54 bits per heavy atom. The molecule has 0 aliphatic carbocycles. The Morgan fingerprint density at radius 2 is 1.86 bits per heavy atom.